The Morgan fingerprint density at radius 2 is 1.79 bits per heavy atom. The van der Waals surface area contributed by atoms with E-state index < -0.39 is 27.3 Å². The van der Waals surface area contributed by atoms with Crippen molar-refractivity contribution in [1.29, 1.82) is 0 Å². The van der Waals surface area contributed by atoms with Gasteiger partial charge in [0.1, 0.15) is 23.0 Å². The summed E-state index contributed by atoms with van der Waals surface area (Å²) in [6.07, 6.45) is 1.48. The van der Waals surface area contributed by atoms with Gasteiger partial charge in [-0.1, -0.05) is 0 Å². The molecule has 0 unspecified atom stereocenters. The summed E-state index contributed by atoms with van der Waals surface area (Å²) in [5, 5.41) is 2.55. The van der Waals surface area contributed by atoms with Gasteiger partial charge in [0.15, 0.2) is 0 Å². The second-order valence-corrected chi connectivity index (χ2v) is 9.18. The average Bonchev–Trinajstić information content (AvgIpc) is 2.86. The molecule has 0 saturated carbocycles. The maximum atomic E-state index is 14.5. The van der Waals surface area contributed by atoms with E-state index in [9.17, 15) is 17.6 Å². The van der Waals surface area contributed by atoms with Crippen molar-refractivity contribution in [1.82, 2.24) is 9.29 Å². The van der Waals surface area contributed by atoms with E-state index in [1.807, 2.05) is 0 Å². The monoisotopic (exact) mass is 487 g/mol. The van der Waals surface area contributed by atoms with Crippen LogP contribution in [0.2, 0.25) is 0 Å². The number of hydrogen-bond donors (Lipinski definition) is 1. The van der Waals surface area contributed by atoms with Gasteiger partial charge in [-0.15, -0.1) is 0 Å². The molecule has 0 aliphatic carbocycles. The number of methoxy groups -OCH3 is 1. The van der Waals surface area contributed by atoms with Crippen molar-refractivity contribution in [2.24, 2.45) is 0 Å². The minimum absolute atomic E-state index is 0.0820. The van der Waals surface area contributed by atoms with E-state index >= 15 is 0 Å². The molecule has 1 N–H and O–H groups in total. The third kappa shape index (κ3) is 5.16. The fraction of sp³-hybridized carbons (Fsp3) is 0.217. The van der Waals surface area contributed by atoms with E-state index in [0.29, 0.717) is 11.5 Å². The molecule has 1 aliphatic rings. The smallest absolute Gasteiger partial charge is 0.258 e. The Hall–Kier alpha value is -3.54. The summed E-state index contributed by atoms with van der Waals surface area (Å²) in [5.41, 5.74) is -0.238. The van der Waals surface area contributed by atoms with Crippen LogP contribution in [0.4, 0.5) is 10.1 Å². The number of sulfonamides is 1. The number of nitrogens with one attached hydrogen (secondary N) is 1. The fourth-order valence-electron chi connectivity index (χ4n) is 3.29. The van der Waals surface area contributed by atoms with Crippen LogP contribution in [0, 0.1) is 5.82 Å². The van der Waals surface area contributed by atoms with Crippen molar-refractivity contribution < 1.29 is 31.8 Å². The summed E-state index contributed by atoms with van der Waals surface area (Å²) in [4.78, 5) is 16.8. The van der Waals surface area contributed by atoms with Gasteiger partial charge >= 0.3 is 0 Å². The number of halogens is 1. The zero-order valence-corrected chi connectivity index (χ0v) is 19.0. The number of carbonyl (C=O) groups is 1. The lowest BCUT2D eigenvalue weighted by atomic mass is 10.2. The second-order valence-electron chi connectivity index (χ2n) is 7.25. The minimum Gasteiger partial charge on any atom is -0.497 e. The quantitative estimate of drug-likeness (QED) is 0.545. The summed E-state index contributed by atoms with van der Waals surface area (Å²) in [6, 6.07) is 13.0. The maximum absolute atomic E-state index is 14.5. The summed E-state index contributed by atoms with van der Waals surface area (Å²) in [6.45, 7) is 0.906. The molecule has 4 rings (SSSR count). The Morgan fingerprint density at radius 3 is 2.50 bits per heavy atom. The third-order valence-corrected chi connectivity index (χ3v) is 6.98. The minimum atomic E-state index is -3.90. The highest BCUT2D eigenvalue weighted by atomic mass is 32.2. The van der Waals surface area contributed by atoms with Gasteiger partial charge < -0.3 is 19.5 Å². The van der Waals surface area contributed by atoms with Crippen molar-refractivity contribution >= 4 is 21.6 Å². The molecule has 34 heavy (non-hydrogen) atoms. The van der Waals surface area contributed by atoms with Gasteiger partial charge in [0.05, 0.1) is 30.8 Å². The number of aromatic nitrogens is 1. The molecule has 0 spiro atoms. The van der Waals surface area contributed by atoms with Gasteiger partial charge in [-0.25, -0.2) is 17.8 Å². The molecule has 0 radical (unpaired) electrons. The molecule has 3 aromatic rings. The Labute approximate surface area is 196 Å². The molecule has 1 aromatic heterocycles. The number of rotatable bonds is 7. The average molecular weight is 488 g/mol. The lowest BCUT2D eigenvalue weighted by Crippen LogP contribution is -2.40. The number of benzene rings is 2. The molecular formula is C23H22FN3O6S. The summed E-state index contributed by atoms with van der Waals surface area (Å²) in [5.74, 6) is -0.536. The molecule has 2 aromatic carbocycles. The SMILES string of the molecule is COc1ccc(Oc2ncccc2NC(=O)c2cc(S(=O)(=O)N3CCOCC3)ccc2F)cc1. The normalized spacial score (nSPS) is 14.4. The summed E-state index contributed by atoms with van der Waals surface area (Å²) >= 11 is 0. The van der Waals surface area contributed by atoms with Gasteiger partial charge in [0, 0.05) is 19.3 Å². The Balaban J connectivity index is 1.57. The first-order valence-electron chi connectivity index (χ1n) is 10.3. The highest BCUT2D eigenvalue weighted by molar-refractivity contribution is 7.89. The molecule has 0 atom stereocenters. The van der Waals surface area contributed by atoms with E-state index in [-0.39, 0.29) is 42.8 Å². The first-order valence-corrected chi connectivity index (χ1v) is 11.8. The van der Waals surface area contributed by atoms with Crippen molar-refractivity contribution in [2.45, 2.75) is 4.90 Å². The van der Waals surface area contributed by atoms with Crippen LogP contribution in [0.1, 0.15) is 10.4 Å². The molecule has 11 heteroatoms. The highest BCUT2D eigenvalue weighted by Crippen LogP contribution is 2.29. The van der Waals surface area contributed by atoms with Crippen molar-refractivity contribution in [2.75, 3.05) is 38.7 Å². The molecule has 9 nitrogen and oxygen atoms in total. The number of hydrogen-bond acceptors (Lipinski definition) is 7. The zero-order chi connectivity index (χ0) is 24.1. The van der Waals surface area contributed by atoms with Crippen LogP contribution < -0.4 is 14.8 Å². The molecule has 1 aliphatic heterocycles. The zero-order valence-electron chi connectivity index (χ0n) is 18.2. The summed E-state index contributed by atoms with van der Waals surface area (Å²) in [7, 11) is -2.36. The molecule has 0 bridgehead atoms. The van der Waals surface area contributed by atoms with Crippen molar-refractivity contribution in [3.63, 3.8) is 0 Å². The van der Waals surface area contributed by atoms with Crippen LogP contribution in [-0.4, -0.2) is 57.0 Å². The first-order chi connectivity index (χ1) is 16.4. The Morgan fingerprint density at radius 1 is 1.09 bits per heavy atom. The molecule has 178 valence electrons. The number of pyridine rings is 1. The van der Waals surface area contributed by atoms with Crippen molar-refractivity contribution in [3.05, 3.63) is 72.2 Å². The first kappa shape index (κ1) is 23.6. The number of ether oxygens (including phenoxy) is 3. The highest BCUT2D eigenvalue weighted by Gasteiger charge is 2.28. The van der Waals surface area contributed by atoms with Crippen LogP contribution in [0.15, 0.2) is 65.7 Å². The van der Waals surface area contributed by atoms with Crippen LogP contribution in [0.5, 0.6) is 17.4 Å². The molecule has 1 saturated heterocycles. The standard InChI is InChI=1S/C23H22FN3O6S/c1-31-16-4-6-17(7-5-16)33-23-21(3-2-10-25-23)26-22(28)19-15-18(8-9-20(19)24)34(29,30)27-11-13-32-14-12-27/h2-10,15H,11-14H2,1H3,(H,26,28). The predicted molar refractivity (Wildman–Crippen MR) is 121 cm³/mol. The fourth-order valence-corrected chi connectivity index (χ4v) is 4.72. The lowest BCUT2D eigenvalue weighted by Gasteiger charge is -2.26. The number of morpholine rings is 1. The van der Waals surface area contributed by atoms with Crippen molar-refractivity contribution in [3.8, 4) is 17.4 Å². The van der Waals surface area contributed by atoms with Crippen LogP contribution >= 0.6 is 0 Å². The van der Waals surface area contributed by atoms with Gasteiger partial charge in [-0.2, -0.15) is 4.31 Å². The topological polar surface area (TPSA) is 107 Å². The lowest BCUT2D eigenvalue weighted by molar-refractivity contribution is 0.0730. The van der Waals surface area contributed by atoms with Gasteiger partial charge in [0.2, 0.25) is 15.9 Å². The van der Waals surface area contributed by atoms with E-state index in [0.717, 1.165) is 18.2 Å². The van der Waals surface area contributed by atoms with E-state index in [1.165, 1.54) is 16.6 Å². The third-order valence-electron chi connectivity index (χ3n) is 5.08. The van der Waals surface area contributed by atoms with Crippen LogP contribution in [-0.2, 0) is 14.8 Å². The number of anilines is 1. The Bertz CT molecular complexity index is 1280. The summed E-state index contributed by atoms with van der Waals surface area (Å²) < 4.78 is 57.6. The number of nitrogens with zero attached hydrogens (tertiary/aromatic N) is 2. The molecular weight excluding hydrogens is 465 g/mol. The molecule has 1 fully saturated rings. The van der Waals surface area contributed by atoms with Gasteiger partial charge in [0.25, 0.3) is 5.91 Å². The second kappa shape index (κ2) is 10.2. The predicted octanol–water partition coefficient (Wildman–Crippen LogP) is 3.29. The molecule has 1 amide bonds. The van der Waals surface area contributed by atoms with E-state index in [1.54, 1.807) is 37.4 Å². The van der Waals surface area contributed by atoms with Gasteiger partial charge in [-0.05, 0) is 54.6 Å². The number of amides is 1. The number of carbonyl (C=O) groups excluding carboxylic acids is 1. The Kier molecular flexibility index (Phi) is 7.06. The van der Waals surface area contributed by atoms with E-state index in [4.69, 9.17) is 14.2 Å². The van der Waals surface area contributed by atoms with E-state index in [2.05, 4.69) is 10.3 Å². The maximum Gasteiger partial charge on any atom is 0.258 e. The molecule has 2 heterocycles. The largest absolute Gasteiger partial charge is 0.497 e. The van der Waals surface area contributed by atoms with Crippen LogP contribution in [0.25, 0.3) is 0 Å². The van der Waals surface area contributed by atoms with Crippen LogP contribution in [0.3, 0.4) is 0 Å². The van der Waals surface area contributed by atoms with Gasteiger partial charge in [-0.3, -0.25) is 4.79 Å².